The van der Waals surface area contributed by atoms with Crippen LogP contribution in [0.1, 0.15) is 24.1 Å². The van der Waals surface area contributed by atoms with Crippen LogP contribution in [0, 0.1) is 0 Å². The average molecular weight is 294 g/mol. The van der Waals surface area contributed by atoms with E-state index in [1.165, 1.54) is 0 Å². The lowest BCUT2D eigenvalue weighted by Gasteiger charge is -2.29. The van der Waals surface area contributed by atoms with Gasteiger partial charge in [0.15, 0.2) is 0 Å². The predicted molar refractivity (Wildman–Crippen MR) is 84.8 cm³/mol. The van der Waals surface area contributed by atoms with Gasteiger partial charge in [0.05, 0.1) is 5.70 Å². The Balaban J connectivity index is 1.84. The molecule has 1 unspecified atom stereocenters. The van der Waals surface area contributed by atoms with Crippen molar-refractivity contribution in [1.82, 2.24) is 10.6 Å². The third-order valence-corrected chi connectivity index (χ3v) is 3.58. The quantitative estimate of drug-likeness (QED) is 0.907. The highest BCUT2D eigenvalue weighted by atomic mass is 16.5. The SMILES string of the molecule is CC1=C(OCc2ccccc2)C(c2ccccc2)NC(=O)N1. The smallest absolute Gasteiger partial charge is 0.319 e. The molecule has 2 N–H and O–H groups in total. The van der Waals surface area contributed by atoms with E-state index in [9.17, 15) is 4.79 Å². The predicted octanol–water partition coefficient (Wildman–Crippen LogP) is 3.49. The molecule has 1 atom stereocenters. The Morgan fingerprint density at radius 2 is 1.64 bits per heavy atom. The molecule has 3 rings (SSSR count). The molecule has 0 bridgehead atoms. The molecule has 1 aliphatic heterocycles. The molecule has 0 fully saturated rings. The normalized spacial score (nSPS) is 17.7. The summed E-state index contributed by atoms with van der Waals surface area (Å²) in [6, 6.07) is 19.3. The van der Waals surface area contributed by atoms with Crippen molar-refractivity contribution < 1.29 is 9.53 Å². The van der Waals surface area contributed by atoms with E-state index in [-0.39, 0.29) is 12.1 Å². The minimum Gasteiger partial charge on any atom is -0.489 e. The van der Waals surface area contributed by atoms with Gasteiger partial charge < -0.3 is 15.4 Å². The van der Waals surface area contributed by atoms with Crippen molar-refractivity contribution in [2.45, 2.75) is 19.6 Å². The summed E-state index contributed by atoms with van der Waals surface area (Å²) in [5.74, 6) is 0.745. The maximum atomic E-state index is 11.8. The molecule has 4 heteroatoms. The van der Waals surface area contributed by atoms with Gasteiger partial charge in [-0.2, -0.15) is 0 Å². The number of hydrogen-bond acceptors (Lipinski definition) is 2. The number of benzene rings is 2. The molecule has 0 radical (unpaired) electrons. The summed E-state index contributed by atoms with van der Waals surface area (Å²) in [4.78, 5) is 11.8. The Bertz CT molecular complexity index is 681. The largest absolute Gasteiger partial charge is 0.489 e. The van der Waals surface area contributed by atoms with Gasteiger partial charge in [-0.05, 0) is 18.1 Å². The van der Waals surface area contributed by atoms with Gasteiger partial charge in [-0.25, -0.2) is 4.79 Å². The lowest BCUT2D eigenvalue weighted by molar-refractivity contribution is 0.159. The number of hydrogen-bond donors (Lipinski definition) is 2. The number of carbonyl (C=O) groups is 1. The molecule has 0 aromatic heterocycles. The zero-order valence-electron chi connectivity index (χ0n) is 12.4. The number of carbonyl (C=O) groups excluding carboxylic acids is 1. The molecule has 4 nitrogen and oxygen atoms in total. The number of rotatable bonds is 4. The first-order valence-corrected chi connectivity index (χ1v) is 7.24. The highest BCUT2D eigenvalue weighted by Crippen LogP contribution is 2.27. The Morgan fingerprint density at radius 3 is 2.32 bits per heavy atom. The summed E-state index contributed by atoms with van der Waals surface area (Å²) in [5, 5.41) is 5.69. The minimum absolute atomic E-state index is 0.210. The first-order valence-electron chi connectivity index (χ1n) is 7.24. The molecule has 2 amide bonds. The molecule has 0 saturated heterocycles. The fraction of sp³-hybridized carbons (Fsp3) is 0.167. The molecule has 2 aromatic rings. The van der Waals surface area contributed by atoms with Gasteiger partial charge in [0, 0.05) is 0 Å². The van der Waals surface area contributed by atoms with Crippen LogP contribution >= 0.6 is 0 Å². The first kappa shape index (κ1) is 14.2. The molecular formula is C18H18N2O2. The summed E-state index contributed by atoms with van der Waals surface area (Å²) in [5.41, 5.74) is 2.83. The van der Waals surface area contributed by atoms with Gasteiger partial charge in [-0.15, -0.1) is 0 Å². The lowest BCUT2D eigenvalue weighted by atomic mass is 10.0. The van der Waals surface area contributed by atoms with E-state index in [0.29, 0.717) is 6.61 Å². The Morgan fingerprint density at radius 1 is 1.00 bits per heavy atom. The van der Waals surface area contributed by atoms with Gasteiger partial charge in [0.1, 0.15) is 18.4 Å². The van der Waals surface area contributed by atoms with Gasteiger partial charge >= 0.3 is 6.03 Å². The van der Waals surface area contributed by atoms with Crippen LogP contribution in [-0.4, -0.2) is 6.03 Å². The molecule has 0 aliphatic carbocycles. The Labute approximate surface area is 129 Å². The number of nitrogens with one attached hydrogen (secondary N) is 2. The van der Waals surface area contributed by atoms with E-state index in [4.69, 9.17) is 4.74 Å². The summed E-state index contributed by atoms with van der Waals surface area (Å²) < 4.78 is 6.00. The van der Waals surface area contributed by atoms with Crippen molar-refractivity contribution in [3.63, 3.8) is 0 Å². The molecular weight excluding hydrogens is 276 g/mol. The van der Waals surface area contributed by atoms with Crippen LogP contribution in [0.25, 0.3) is 0 Å². The van der Waals surface area contributed by atoms with E-state index in [0.717, 1.165) is 22.6 Å². The molecule has 112 valence electrons. The van der Waals surface area contributed by atoms with E-state index >= 15 is 0 Å². The number of ether oxygens (including phenoxy) is 1. The van der Waals surface area contributed by atoms with Crippen molar-refractivity contribution >= 4 is 6.03 Å². The maximum Gasteiger partial charge on any atom is 0.319 e. The molecule has 0 saturated carbocycles. The average Bonchev–Trinajstić information content (AvgIpc) is 2.55. The first-order chi connectivity index (χ1) is 10.7. The zero-order chi connectivity index (χ0) is 15.4. The van der Waals surface area contributed by atoms with Crippen LogP contribution in [0.5, 0.6) is 0 Å². The van der Waals surface area contributed by atoms with Gasteiger partial charge in [0.2, 0.25) is 0 Å². The van der Waals surface area contributed by atoms with Crippen molar-refractivity contribution in [3.05, 3.63) is 83.2 Å². The third kappa shape index (κ3) is 3.11. The van der Waals surface area contributed by atoms with Crippen LogP contribution in [0.3, 0.4) is 0 Å². The molecule has 2 aromatic carbocycles. The van der Waals surface area contributed by atoms with Crippen molar-refractivity contribution in [2.75, 3.05) is 0 Å². The van der Waals surface area contributed by atoms with E-state index in [2.05, 4.69) is 10.6 Å². The van der Waals surface area contributed by atoms with E-state index in [1.54, 1.807) is 0 Å². The topological polar surface area (TPSA) is 50.4 Å². The van der Waals surface area contributed by atoms with Crippen molar-refractivity contribution in [1.29, 1.82) is 0 Å². The summed E-state index contributed by atoms with van der Waals surface area (Å²) in [6.07, 6.45) is 0. The van der Waals surface area contributed by atoms with Gasteiger partial charge in [-0.1, -0.05) is 60.7 Å². The number of allylic oxidation sites excluding steroid dienone is 1. The second-order valence-electron chi connectivity index (χ2n) is 5.21. The maximum absolute atomic E-state index is 11.8. The Kier molecular flexibility index (Phi) is 4.10. The summed E-state index contributed by atoms with van der Waals surface area (Å²) in [7, 11) is 0. The second-order valence-corrected chi connectivity index (χ2v) is 5.21. The fourth-order valence-electron chi connectivity index (χ4n) is 2.49. The molecule has 1 heterocycles. The van der Waals surface area contributed by atoms with Crippen LogP contribution in [-0.2, 0) is 11.3 Å². The molecule has 22 heavy (non-hydrogen) atoms. The minimum atomic E-state index is -0.265. The van der Waals surface area contributed by atoms with Crippen molar-refractivity contribution in [2.24, 2.45) is 0 Å². The van der Waals surface area contributed by atoms with Crippen LogP contribution in [0.2, 0.25) is 0 Å². The Hall–Kier alpha value is -2.75. The fourth-order valence-corrected chi connectivity index (χ4v) is 2.49. The van der Waals surface area contributed by atoms with E-state index in [1.807, 2.05) is 67.6 Å². The van der Waals surface area contributed by atoms with Gasteiger partial charge in [-0.3, -0.25) is 0 Å². The number of urea groups is 1. The van der Waals surface area contributed by atoms with Crippen molar-refractivity contribution in [3.8, 4) is 0 Å². The summed E-state index contributed by atoms with van der Waals surface area (Å²) >= 11 is 0. The number of amides is 2. The van der Waals surface area contributed by atoms with Crippen LogP contribution < -0.4 is 10.6 Å². The van der Waals surface area contributed by atoms with Crippen LogP contribution in [0.4, 0.5) is 4.79 Å². The van der Waals surface area contributed by atoms with Crippen LogP contribution in [0.15, 0.2) is 72.1 Å². The van der Waals surface area contributed by atoms with Gasteiger partial charge in [0.25, 0.3) is 0 Å². The highest BCUT2D eigenvalue weighted by molar-refractivity contribution is 5.78. The standard InChI is InChI=1S/C18H18N2O2/c1-13-17(22-12-14-8-4-2-5-9-14)16(20-18(21)19-13)15-10-6-3-7-11-15/h2-11,16H,12H2,1H3,(H2,19,20,21). The van der Waals surface area contributed by atoms with E-state index < -0.39 is 0 Å². The zero-order valence-corrected chi connectivity index (χ0v) is 12.4. The third-order valence-electron chi connectivity index (χ3n) is 3.58. The summed E-state index contributed by atoms with van der Waals surface area (Å²) in [6.45, 7) is 2.32. The molecule has 0 spiro atoms. The highest BCUT2D eigenvalue weighted by Gasteiger charge is 2.27. The second kappa shape index (κ2) is 6.35. The lowest BCUT2D eigenvalue weighted by Crippen LogP contribution is -2.43. The molecule has 1 aliphatic rings. The monoisotopic (exact) mass is 294 g/mol.